The molecular formula is C14H14ClFN2S. The van der Waals surface area contributed by atoms with Crippen LogP contribution >= 0.6 is 22.9 Å². The number of hydrogen-bond donors (Lipinski definition) is 1. The molecule has 0 aliphatic heterocycles. The summed E-state index contributed by atoms with van der Waals surface area (Å²) < 4.78 is 13.9. The molecule has 0 atom stereocenters. The molecule has 1 aliphatic carbocycles. The van der Waals surface area contributed by atoms with Gasteiger partial charge in [-0.2, -0.15) is 0 Å². The van der Waals surface area contributed by atoms with Crippen LogP contribution in [0.4, 0.5) is 4.39 Å². The first-order valence-corrected chi connectivity index (χ1v) is 7.48. The number of nitrogens with zero attached hydrogens (tertiary/aromatic N) is 1. The zero-order valence-electron chi connectivity index (χ0n) is 10.5. The molecule has 1 aromatic carbocycles. The molecule has 0 radical (unpaired) electrons. The van der Waals surface area contributed by atoms with Gasteiger partial charge in [0.2, 0.25) is 0 Å². The average Bonchev–Trinajstić information content (AvgIpc) is 3.11. The van der Waals surface area contributed by atoms with Crippen molar-refractivity contribution in [1.29, 1.82) is 0 Å². The Morgan fingerprint density at radius 1 is 1.47 bits per heavy atom. The number of aryl methyl sites for hydroxylation is 1. The first-order chi connectivity index (χ1) is 9.13. The van der Waals surface area contributed by atoms with Crippen molar-refractivity contribution in [2.45, 2.75) is 32.4 Å². The lowest BCUT2D eigenvalue weighted by atomic mass is 10.2. The molecule has 0 spiro atoms. The highest BCUT2D eigenvalue weighted by atomic mass is 35.5. The van der Waals surface area contributed by atoms with Gasteiger partial charge in [-0.15, -0.1) is 11.3 Å². The molecule has 100 valence electrons. The second-order valence-corrected chi connectivity index (χ2v) is 6.33. The summed E-state index contributed by atoms with van der Waals surface area (Å²) in [6.45, 7) is 2.79. The minimum absolute atomic E-state index is 0.317. The van der Waals surface area contributed by atoms with Crippen LogP contribution in [0.3, 0.4) is 0 Å². The van der Waals surface area contributed by atoms with Crippen molar-refractivity contribution < 1.29 is 4.39 Å². The van der Waals surface area contributed by atoms with Crippen LogP contribution in [0.2, 0.25) is 5.02 Å². The van der Waals surface area contributed by atoms with Crippen LogP contribution in [-0.4, -0.2) is 11.0 Å². The Morgan fingerprint density at radius 3 is 2.95 bits per heavy atom. The van der Waals surface area contributed by atoms with Gasteiger partial charge in [0, 0.05) is 28.0 Å². The summed E-state index contributed by atoms with van der Waals surface area (Å²) >= 11 is 7.31. The maximum atomic E-state index is 13.9. The summed E-state index contributed by atoms with van der Waals surface area (Å²) in [6.07, 6.45) is 2.52. The van der Waals surface area contributed by atoms with Gasteiger partial charge in [-0.25, -0.2) is 9.37 Å². The number of hydrogen-bond acceptors (Lipinski definition) is 3. The molecule has 1 heterocycles. The Bertz CT molecular complexity index is 607. The molecule has 0 bridgehead atoms. The van der Waals surface area contributed by atoms with E-state index in [2.05, 4.69) is 10.3 Å². The van der Waals surface area contributed by atoms with Crippen LogP contribution in [0.25, 0.3) is 10.6 Å². The molecule has 2 aromatic rings. The molecule has 5 heteroatoms. The average molecular weight is 297 g/mol. The highest BCUT2D eigenvalue weighted by Gasteiger charge is 2.21. The fourth-order valence-electron chi connectivity index (χ4n) is 1.89. The van der Waals surface area contributed by atoms with Crippen molar-refractivity contribution in [1.82, 2.24) is 10.3 Å². The molecule has 1 saturated carbocycles. The Morgan fingerprint density at radius 2 is 2.26 bits per heavy atom. The molecule has 1 N–H and O–H groups in total. The van der Waals surface area contributed by atoms with E-state index in [-0.39, 0.29) is 5.82 Å². The van der Waals surface area contributed by atoms with E-state index in [4.69, 9.17) is 11.6 Å². The second-order valence-electron chi connectivity index (χ2n) is 4.81. The van der Waals surface area contributed by atoms with Crippen molar-refractivity contribution in [2.24, 2.45) is 0 Å². The van der Waals surface area contributed by atoms with E-state index in [1.807, 2.05) is 6.92 Å². The highest BCUT2D eigenvalue weighted by molar-refractivity contribution is 7.15. The number of thiazole rings is 1. The first-order valence-electron chi connectivity index (χ1n) is 6.28. The van der Waals surface area contributed by atoms with Crippen LogP contribution in [0.1, 0.15) is 23.4 Å². The third-order valence-corrected chi connectivity index (χ3v) is 4.61. The van der Waals surface area contributed by atoms with Crippen LogP contribution < -0.4 is 5.32 Å². The molecule has 1 fully saturated rings. The number of halogens is 2. The van der Waals surface area contributed by atoms with E-state index in [1.54, 1.807) is 23.5 Å². The predicted molar refractivity (Wildman–Crippen MR) is 77.1 cm³/mol. The van der Waals surface area contributed by atoms with E-state index in [0.717, 1.165) is 17.2 Å². The zero-order chi connectivity index (χ0) is 13.4. The molecule has 0 saturated heterocycles. The Labute approximate surface area is 120 Å². The lowest BCUT2D eigenvalue weighted by Crippen LogP contribution is -2.14. The highest BCUT2D eigenvalue weighted by Crippen LogP contribution is 2.31. The standard InChI is InChI=1S/C14H14ClFN2S/c1-8-13(7-17-10-3-4-10)19-14(18-8)11-5-2-9(15)6-12(11)16/h2,5-6,10,17H,3-4,7H2,1H3. The Balaban J connectivity index is 1.85. The summed E-state index contributed by atoms with van der Waals surface area (Å²) in [7, 11) is 0. The van der Waals surface area contributed by atoms with Crippen LogP contribution in [0, 0.1) is 12.7 Å². The Kier molecular flexibility index (Phi) is 3.56. The summed E-state index contributed by atoms with van der Waals surface area (Å²) in [5.41, 5.74) is 1.50. The van der Waals surface area contributed by atoms with E-state index in [1.165, 1.54) is 23.8 Å². The minimum Gasteiger partial charge on any atom is -0.309 e. The van der Waals surface area contributed by atoms with Crippen LogP contribution in [0.5, 0.6) is 0 Å². The van der Waals surface area contributed by atoms with Crippen molar-refractivity contribution in [2.75, 3.05) is 0 Å². The van der Waals surface area contributed by atoms with Gasteiger partial charge in [-0.05, 0) is 38.0 Å². The molecule has 1 aliphatic rings. The lowest BCUT2D eigenvalue weighted by Gasteiger charge is -2.00. The summed E-state index contributed by atoms with van der Waals surface area (Å²) in [6, 6.07) is 5.38. The summed E-state index contributed by atoms with van der Waals surface area (Å²) in [5.74, 6) is -0.317. The minimum atomic E-state index is -0.317. The molecule has 1 aromatic heterocycles. The number of benzene rings is 1. The second kappa shape index (κ2) is 5.19. The smallest absolute Gasteiger partial charge is 0.134 e. The topological polar surface area (TPSA) is 24.9 Å². The van der Waals surface area contributed by atoms with Gasteiger partial charge in [0.05, 0.1) is 5.69 Å². The fourth-order valence-corrected chi connectivity index (χ4v) is 3.09. The number of nitrogens with one attached hydrogen (secondary N) is 1. The molecule has 2 nitrogen and oxygen atoms in total. The van der Waals surface area contributed by atoms with E-state index in [0.29, 0.717) is 16.6 Å². The predicted octanol–water partition coefficient (Wildman–Crippen LogP) is 4.16. The summed E-state index contributed by atoms with van der Waals surface area (Å²) in [5, 5.41) is 4.59. The van der Waals surface area contributed by atoms with Gasteiger partial charge in [0.15, 0.2) is 0 Å². The van der Waals surface area contributed by atoms with Crippen molar-refractivity contribution in [3.63, 3.8) is 0 Å². The monoisotopic (exact) mass is 296 g/mol. The molecule has 3 rings (SSSR count). The summed E-state index contributed by atoms with van der Waals surface area (Å²) in [4.78, 5) is 5.64. The van der Waals surface area contributed by atoms with Crippen molar-refractivity contribution in [3.05, 3.63) is 39.6 Å². The maximum absolute atomic E-state index is 13.9. The maximum Gasteiger partial charge on any atom is 0.134 e. The van der Waals surface area contributed by atoms with Gasteiger partial charge in [0.1, 0.15) is 10.8 Å². The third-order valence-electron chi connectivity index (χ3n) is 3.18. The molecule has 0 unspecified atom stereocenters. The SMILES string of the molecule is Cc1nc(-c2ccc(Cl)cc2F)sc1CNC1CC1. The van der Waals surface area contributed by atoms with Crippen molar-refractivity contribution >= 4 is 22.9 Å². The Hall–Kier alpha value is -0.970. The fraction of sp³-hybridized carbons (Fsp3) is 0.357. The third kappa shape index (κ3) is 2.96. The van der Waals surface area contributed by atoms with Crippen LogP contribution in [-0.2, 0) is 6.54 Å². The number of rotatable bonds is 4. The quantitative estimate of drug-likeness (QED) is 0.916. The first kappa shape index (κ1) is 13.0. The van der Waals surface area contributed by atoms with Gasteiger partial charge >= 0.3 is 0 Å². The van der Waals surface area contributed by atoms with E-state index >= 15 is 0 Å². The molecule has 19 heavy (non-hydrogen) atoms. The zero-order valence-corrected chi connectivity index (χ0v) is 12.1. The van der Waals surface area contributed by atoms with Gasteiger partial charge in [-0.1, -0.05) is 11.6 Å². The van der Waals surface area contributed by atoms with E-state index < -0.39 is 0 Å². The molecule has 0 amide bonds. The van der Waals surface area contributed by atoms with Gasteiger partial charge in [0.25, 0.3) is 0 Å². The lowest BCUT2D eigenvalue weighted by molar-refractivity contribution is 0.631. The largest absolute Gasteiger partial charge is 0.309 e. The van der Waals surface area contributed by atoms with Crippen molar-refractivity contribution in [3.8, 4) is 10.6 Å². The number of aromatic nitrogens is 1. The van der Waals surface area contributed by atoms with Crippen LogP contribution in [0.15, 0.2) is 18.2 Å². The normalized spacial score (nSPS) is 14.9. The molecular weight excluding hydrogens is 283 g/mol. The van der Waals surface area contributed by atoms with E-state index in [9.17, 15) is 4.39 Å². The van der Waals surface area contributed by atoms with Gasteiger partial charge < -0.3 is 5.32 Å². The van der Waals surface area contributed by atoms with Gasteiger partial charge in [-0.3, -0.25) is 0 Å².